The van der Waals surface area contributed by atoms with Crippen LogP contribution in [0.15, 0.2) is 35.4 Å². The molecule has 1 amide bonds. The van der Waals surface area contributed by atoms with E-state index >= 15 is 0 Å². The van der Waals surface area contributed by atoms with Gasteiger partial charge in [-0.1, -0.05) is 23.7 Å². The van der Waals surface area contributed by atoms with E-state index < -0.39 is 0 Å². The molecule has 18 heavy (non-hydrogen) atoms. The van der Waals surface area contributed by atoms with E-state index in [-0.39, 0.29) is 11.9 Å². The molecule has 0 aliphatic carbocycles. The van der Waals surface area contributed by atoms with E-state index in [0.717, 1.165) is 24.2 Å². The molecule has 0 bridgehead atoms. The minimum Gasteiger partial charge on any atom is -0.346 e. The third-order valence-electron chi connectivity index (χ3n) is 3.27. The van der Waals surface area contributed by atoms with Gasteiger partial charge >= 0.3 is 0 Å². The first-order chi connectivity index (χ1) is 8.58. The maximum Gasteiger partial charge on any atom is 0.247 e. The van der Waals surface area contributed by atoms with Gasteiger partial charge < -0.3 is 10.6 Å². The molecule has 1 aliphatic rings. The first-order valence-corrected chi connectivity index (χ1v) is 6.41. The highest BCUT2D eigenvalue weighted by molar-refractivity contribution is 6.30. The van der Waals surface area contributed by atoms with Gasteiger partial charge in [-0.25, -0.2) is 0 Å². The van der Waals surface area contributed by atoms with Crippen LogP contribution in [0.5, 0.6) is 0 Å². The van der Waals surface area contributed by atoms with Crippen molar-refractivity contribution in [2.24, 2.45) is 0 Å². The van der Waals surface area contributed by atoms with Crippen LogP contribution in [0.25, 0.3) is 0 Å². The van der Waals surface area contributed by atoms with Crippen LogP contribution in [0.1, 0.15) is 25.5 Å². The van der Waals surface area contributed by atoms with Crippen molar-refractivity contribution in [2.45, 2.75) is 19.9 Å². The average Bonchev–Trinajstić information content (AvgIpc) is 2.27. The van der Waals surface area contributed by atoms with Crippen LogP contribution in [0.2, 0.25) is 5.02 Å². The van der Waals surface area contributed by atoms with Gasteiger partial charge in [0.1, 0.15) is 0 Å². The van der Waals surface area contributed by atoms with Gasteiger partial charge in [0.2, 0.25) is 5.91 Å². The molecule has 1 aromatic carbocycles. The maximum absolute atomic E-state index is 12.0. The van der Waals surface area contributed by atoms with Gasteiger partial charge in [0.25, 0.3) is 0 Å². The normalized spacial score (nSPS) is 15.8. The Morgan fingerprint density at radius 1 is 1.33 bits per heavy atom. The van der Waals surface area contributed by atoms with Crippen LogP contribution in [-0.2, 0) is 4.79 Å². The largest absolute Gasteiger partial charge is 0.346 e. The van der Waals surface area contributed by atoms with Gasteiger partial charge in [-0.15, -0.1) is 0 Å². The highest BCUT2D eigenvalue weighted by Crippen LogP contribution is 2.17. The van der Waals surface area contributed by atoms with Crippen molar-refractivity contribution in [3.05, 3.63) is 46.0 Å². The molecule has 1 saturated heterocycles. The highest BCUT2D eigenvalue weighted by Gasteiger charge is 2.17. The fraction of sp³-hybridized carbons (Fsp3) is 0.357. The molecular formula is C14H17ClN2O. The predicted molar refractivity (Wildman–Crippen MR) is 73.6 cm³/mol. The van der Waals surface area contributed by atoms with Crippen LogP contribution in [0, 0.1) is 0 Å². The lowest BCUT2D eigenvalue weighted by Crippen LogP contribution is -2.38. The third-order valence-corrected chi connectivity index (χ3v) is 3.52. The fourth-order valence-corrected chi connectivity index (χ4v) is 1.94. The van der Waals surface area contributed by atoms with Crippen LogP contribution < -0.4 is 10.6 Å². The molecule has 3 nitrogen and oxygen atoms in total. The molecule has 2 N–H and O–H groups in total. The lowest BCUT2D eigenvalue weighted by atomic mass is 10.0. The van der Waals surface area contributed by atoms with E-state index in [9.17, 15) is 4.79 Å². The minimum absolute atomic E-state index is 0.00829. The van der Waals surface area contributed by atoms with Gasteiger partial charge in [-0.3, -0.25) is 4.79 Å². The molecule has 1 unspecified atom stereocenters. The second-order valence-corrected chi connectivity index (χ2v) is 5.02. The number of hydrogen-bond donors (Lipinski definition) is 2. The standard InChI is InChI=1S/C14H17ClN2O/c1-9(12-7-16-8-12)14(18)17-10(2)11-3-5-13(15)6-4-11/h3-6,10,16H,7-8H2,1-2H3,(H,17,18). The number of benzene rings is 1. The molecule has 0 saturated carbocycles. The van der Waals surface area contributed by atoms with Crippen molar-refractivity contribution < 1.29 is 4.79 Å². The van der Waals surface area contributed by atoms with E-state index in [1.807, 2.05) is 38.1 Å². The smallest absolute Gasteiger partial charge is 0.247 e. The van der Waals surface area contributed by atoms with Gasteiger partial charge in [-0.2, -0.15) is 0 Å². The molecule has 96 valence electrons. The fourth-order valence-electron chi connectivity index (χ4n) is 1.82. The van der Waals surface area contributed by atoms with Crippen molar-refractivity contribution in [3.63, 3.8) is 0 Å². The maximum atomic E-state index is 12.0. The summed E-state index contributed by atoms with van der Waals surface area (Å²) < 4.78 is 0. The summed E-state index contributed by atoms with van der Waals surface area (Å²) in [5.74, 6) is 0.00829. The monoisotopic (exact) mass is 264 g/mol. The minimum atomic E-state index is -0.0154. The van der Waals surface area contributed by atoms with Gasteiger partial charge in [0.15, 0.2) is 0 Å². The number of carbonyl (C=O) groups excluding carboxylic acids is 1. The highest BCUT2D eigenvalue weighted by atomic mass is 35.5. The van der Waals surface area contributed by atoms with E-state index in [1.54, 1.807) is 0 Å². The number of amides is 1. The summed E-state index contributed by atoms with van der Waals surface area (Å²) in [5.41, 5.74) is 3.07. The summed E-state index contributed by atoms with van der Waals surface area (Å²) in [5, 5.41) is 6.84. The summed E-state index contributed by atoms with van der Waals surface area (Å²) in [4.78, 5) is 12.0. The lowest BCUT2D eigenvalue weighted by molar-refractivity contribution is -0.118. The topological polar surface area (TPSA) is 41.1 Å². The number of hydrogen-bond acceptors (Lipinski definition) is 2. The third kappa shape index (κ3) is 2.92. The molecule has 2 rings (SSSR count). The van der Waals surface area contributed by atoms with Crippen LogP contribution in [0.3, 0.4) is 0 Å². The predicted octanol–water partition coefficient (Wildman–Crippen LogP) is 2.44. The van der Waals surface area contributed by atoms with E-state index in [1.165, 1.54) is 5.57 Å². The first kappa shape index (κ1) is 13.1. The molecule has 0 radical (unpaired) electrons. The zero-order valence-electron chi connectivity index (χ0n) is 10.6. The molecule has 1 atom stereocenters. The van der Waals surface area contributed by atoms with E-state index in [4.69, 9.17) is 11.6 Å². The van der Waals surface area contributed by atoms with Gasteiger partial charge in [0.05, 0.1) is 6.04 Å². The molecular weight excluding hydrogens is 248 g/mol. The molecule has 0 aromatic heterocycles. The Kier molecular flexibility index (Phi) is 4.04. The lowest BCUT2D eigenvalue weighted by Gasteiger charge is -2.22. The Bertz CT molecular complexity index is 473. The molecule has 1 heterocycles. The van der Waals surface area contributed by atoms with Crippen molar-refractivity contribution in [2.75, 3.05) is 13.1 Å². The Morgan fingerprint density at radius 2 is 1.94 bits per heavy atom. The Hall–Kier alpha value is -1.32. The number of rotatable bonds is 3. The molecule has 1 aromatic rings. The number of halogens is 1. The van der Waals surface area contributed by atoms with Crippen molar-refractivity contribution in [3.8, 4) is 0 Å². The Balaban J connectivity index is 2.01. The van der Waals surface area contributed by atoms with Crippen LogP contribution in [-0.4, -0.2) is 19.0 Å². The second kappa shape index (κ2) is 5.55. The average molecular weight is 265 g/mol. The van der Waals surface area contributed by atoms with Crippen LogP contribution >= 0.6 is 11.6 Å². The molecule has 0 spiro atoms. The van der Waals surface area contributed by atoms with E-state index in [2.05, 4.69) is 10.6 Å². The van der Waals surface area contributed by atoms with Crippen molar-refractivity contribution >= 4 is 17.5 Å². The SMILES string of the molecule is CC(C(=O)NC(C)c1ccc(Cl)cc1)=C1CNC1. The Labute approximate surface area is 112 Å². The second-order valence-electron chi connectivity index (χ2n) is 4.58. The summed E-state index contributed by atoms with van der Waals surface area (Å²) in [7, 11) is 0. The van der Waals surface area contributed by atoms with Crippen molar-refractivity contribution in [1.82, 2.24) is 10.6 Å². The van der Waals surface area contributed by atoms with Crippen molar-refractivity contribution in [1.29, 1.82) is 0 Å². The zero-order chi connectivity index (χ0) is 13.1. The van der Waals surface area contributed by atoms with Gasteiger partial charge in [0, 0.05) is 23.7 Å². The summed E-state index contributed by atoms with van der Waals surface area (Å²) in [6, 6.07) is 7.52. The zero-order valence-corrected chi connectivity index (χ0v) is 11.3. The number of nitrogens with one attached hydrogen (secondary N) is 2. The molecule has 4 heteroatoms. The summed E-state index contributed by atoms with van der Waals surface area (Å²) in [6.07, 6.45) is 0. The first-order valence-electron chi connectivity index (χ1n) is 6.03. The van der Waals surface area contributed by atoms with E-state index in [0.29, 0.717) is 5.02 Å². The quantitative estimate of drug-likeness (QED) is 0.824. The Morgan fingerprint density at radius 3 is 2.44 bits per heavy atom. The van der Waals surface area contributed by atoms with Gasteiger partial charge in [-0.05, 0) is 37.1 Å². The number of carbonyl (C=O) groups is 1. The summed E-state index contributed by atoms with van der Waals surface area (Å²) >= 11 is 5.84. The summed E-state index contributed by atoms with van der Waals surface area (Å²) in [6.45, 7) is 5.50. The molecule has 1 aliphatic heterocycles. The van der Waals surface area contributed by atoms with Crippen LogP contribution in [0.4, 0.5) is 0 Å². The molecule has 1 fully saturated rings.